The van der Waals surface area contributed by atoms with Crippen LogP contribution in [0.5, 0.6) is 0 Å². The van der Waals surface area contributed by atoms with Crippen molar-refractivity contribution in [3.63, 3.8) is 0 Å². The first-order chi connectivity index (χ1) is 9.12. The van der Waals surface area contributed by atoms with Crippen LogP contribution in [0.4, 0.5) is 0 Å². The van der Waals surface area contributed by atoms with Crippen molar-refractivity contribution >= 4 is 21.4 Å². The number of thiazole rings is 1. The summed E-state index contributed by atoms with van der Waals surface area (Å²) in [5, 5.41) is 0.965. The first-order valence-electron chi connectivity index (χ1n) is 6.10. The molecule has 0 aliphatic heterocycles. The lowest BCUT2D eigenvalue weighted by molar-refractivity contribution is 0.581. The van der Waals surface area contributed by atoms with E-state index in [-0.39, 0.29) is 0 Å². The highest BCUT2D eigenvalue weighted by Gasteiger charge is 2.12. The Labute approximate surface area is 117 Å². The van der Waals surface area contributed by atoms with E-state index in [0.29, 0.717) is 17.9 Å². The van der Waals surface area contributed by atoms with E-state index in [4.69, 9.17) is 0 Å². The predicted octanol–water partition coefficient (Wildman–Crippen LogP) is 2.23. The van der Waals surface area contributed by atoms with E-state index in [1.807, 2.05) is 6.20 Å². The molecular formula is C13H16N2O2S2. The molecule has 0 aliphatic carbocycles. The molecule has 1 N–H and O–H groups in total. The van der Waals surface area contributed by atoms with Crippen LogP contribution in [0, 0.1) is 0 Å². The van der Waals surface area contributed by atoms with E-state index >= 15 is 0 Å². The van der Waals surface area contributed by atoms with Crippen LogP contribution >= 0.6 is 11.3 Å². The summed E-state index contributed by atoms with van der Waals surface area (Å²) in [6.07, 6.45) is 3.44. The van der Waals surface area contributed by atoms with E-state index < -0.39 is 10.0 Å². The number of aryl methyl sites for hydroxylation is 1. The number of hydrogen-bond acceptors (Lipinski definition) is 4. The summed E-state index contributed by atoms with van der Waals surface area (Å²) in [7, 11) is -3.40. The number of benzene rings is 1. The smallest absolute Gasteiger partial charge is 0.240 e. The van der Waals surface area contributed by atoms with Crippen molar-refractivity contribution in [1.82, 2.24) is 9.71 Å². The van der Waals surface area contributed by atoms with Crippen LogP contribution in [-0.2, 0) is 22.9 Å². The standard InChI is InChI=1S/C13H16N2O2S2/c1-2-11-10-14-13(18-11)8-9-15-19(16,17)12-6-4-3-5-7-12/h3-7,10,15H,2,8-9H2,1H3. The Kier molecular flexibility index (Phi) is 4.68. The molecule has 1 heterocycles. The van der Waals surface area contributed by atoms with Gasteiger partial charge in [0.15, 0.2) is 0 Å². The number of hydrogen-bond donors (Lipinski definition) is 1. The molecule has 0 fully saturated rings. The van der Waals surface area contributed by atoms with E-state index in [2.05, 4.69) is 16.6 Å². The molecule has 0 aliphatic rings. The maximum absolute atomic E-state index is 12.0. The number of sulfonamides is 1. The lowest BCUT2D eigenvalue weighted by Gasteiger charge is -2.05. The van der Waals surface area contributed by atoms with Gasteiger partial charge in [0.25, 0.3) is 0 Å². The third-order valence-electron chi connectivity index (χ3n) is 2.63. The van der Waals surface area contributed by atoms with Crippen molar-refractivity contribution in [3.05, 3.63) is 46.4 Å². The largest absolute Gasteiger partial charge is 0.249 e. The fourth-order valence-corrected chi connectivity index (χ4v) is 3.52. The second-order valence-electron chi connectivity index (χ2n) is 4.03. The third kappa shape index (κ3) is 3.86. The Morgan fingerprint density at radius 2 is 2.00 bits per heavy atom. The maximum Gasteiger partial charge on any atom is 0.240 e. The Hall–Kier alpha value is -1.24. The summed E-state index contributed by atoms with van der Waals surface area (Å²) in [4.78, 5) is 5.78. The van der Waals surface area contributed by atoms with Crippen LogP contribution < -0.4 is 4.72 Å². The maximum atomic E-state index is 12.0. The van der Waals surface area contributed by atoms with Gasteiger partial charge in [-0.2, -0.15) is 0 Å². The lowest BCUT2D eigenvalue weighted by atomic mass is 10.4. The first kappa shape index (κ1) is 14.2. The minimum atomic E-state index is -3.40. The molecule has 19 heavy (non-hydrogen) atoms. The fourth-order valence-electron chi connectivity index (χ4n) is 1.60. The minimum Gasteiger partial charge on any atom is -0.249 e. The zero-order valence-electron chi connectivity index (χ0n) is 10.7. The highest BCUT2D eigenvalue weighted by atomic mass is 32.2. The number of nitrogens with zero attached hydrogens (tertiary/aromatic N) is 1. The molecule has 0 saturated carbocycles. The zero-order chi connectivity index (χ0) is 13.7. The zero-order valence-corrected chi connectivity index (χ0v) is 12.3. The van der Waals surface area contributed by atoms with Crippen molar-refractivity contribution < 1.29 is 8.42 Å². The second-order valence-corrected chi connectivity index (χ2v) is 7.00. The van der Waals surface area contributed by atoms with Crippen molar-refractivity contribution in [2.45, 2.75) is 24.7 Å². The summed E-state index contributed by atoms with van der Waals surface area (Å²) >= 11 is 1.63. The molecule has 0 radical (unpaired) electrons. The molecule has 0 amide bonds. The lowest BCUT2D eigenvalue weighted by Crippen LogP contribution is -2.25. The predicted molar refractivity (Wildman–Crippen MR) is 76.8 cm³/mol. The monoisotopic (exact) mass is 296 g/mol. The van der Waals surface area contributed by atoms with Crippen LogP contribution in [0.1, 0.15) is 16.8 Å². The number of rotatable bonds is 6. The van der Waals surface area contributed by atoms with E-state index in [0.717, 1.165) is 11.4 Å². The molecule has 6 heteroatoms. The SMILES string of the molecule is CCc1cnc(CCNS(=O)(=O)c2ccccc2)s1. The normalized spacial score (nSPS) is 11.6. The van der Waals surface area contributed by atoms with Gasteiger partial charge in [-0.05, 0) is 18.6 Å². The van der Waals surface area contributed by atoms with Crippen LogP contribution in [0.2, 0.25) is 0 Å². The van der Waals surface area contributed by atoms with Gasteiger partial charge in [-0.3, -0.25) is 0 Å². The number of nitrogens with one attached hydrogen (secondary N) is 1. The quantitative estimate of drug-likeness (QED) is 0.889. The fraction of sp³-hybridized carbons (Fsp3) is 0.308. The highest BCUT2D eigenvalue weighted by Crippen LogP contribution is 2.14. The topological polar surface area (TPSA) is 59.1 Å². The van der Waals surface area contributed by atoms with Crippen molar-refractivity contribution in [3.8, 4) is 0 Å². The molecular weight excluding hydrogens is 280 g/mol. The minimum absolute atomic E-state index is 0.295. The average molecular weight is 296 g/mol. The third-order valence-corrected chi connectivity index (χ3v) is 5.31. The molecule has 102 valence electrons. The van der Waals surface area contributed by atoms with Crippen molar-refractivity contribution in [2.75, 3.05) is 6.54 Å². The average Bonchev–Trinajstić information content (AvgIpc) is 2.87. The van der Waals surface area contributed by atoms with Crippen LogP contribution in [0.3, 0.4) is 0 Å². The molecule has 2 aromatic rings. The van der Waals surface area contributed by atoms with Gasteiger partial charge in [0, 0.05) is 24.0 Å². The first-order valence-corrected chi connectivity index (χ1v) is 8.40. The summed E-state index contributed by atoms with van der Waals surface area (Å²) in [5.41, 5.74) is 0. The molecule has 1 aromatic heterocycles. The van der Waals surface area contributed by atoms with Crippen LogP contribution in [0.15, 0.2) is 41.4 Å². The van der Waals surface area contributed by atoms with Gasteiger partial charge < -0.3 is 0 Å². The molecule has 0 saturated heterocycles. The van der Waals surface area contributed by atoms with Crippen LogP contribution in [0.25, 0.3) is 0 Å². The van der Waals surface area contributed by atoms with E-state index in [1.54, 1.807) is 41.7 Å². The Balaban J connectivity index is 1.92. The molecule has 0 unspecified atom stereocenters. The summed E-state index contributed by atoms with van der Waals surface area (Å²) in [6, 6.07) is 8.38. The Bertz CT molecular complexity index is 621. The van der Waals surface area contributed by atoms with Gasteiger partial charge in [0.05, 0.1) is 9.90 Å². The van der Waals surface area contributed by atoms with Gasteiger partial charge >= 0.3 is 0 Å². The van der Waals surface area contributed by atoms with Gasteiger partial charge in [-0.25, -0.2) is 18.1 Å². The molecule has 0 spiro atoms. The summed E-state index contributed by atoms with van der Waals surface area (Å²) in [5.74, 6) is 0. The Morgan fingerprint density at radius 1 is 1.26 bits per heavy atom. The Morgan fingerprint density at radius 3 is 2.63 bits per heavy atom. The van der Waals surface area contributed by atoms with Gasteiger partial charge in [-0.1, -0.05) is 25.1 Å². The van der Waals surface area contributed by atoms with E-state index in [9.17, 15) is 8.42 Å². The molecule has 1 aromatic carbocycles. The highest BCUT2D eigenvalue weighted by molar-refractivity contribution is 7.89. The molecule has 0 atom stereocenters. The second kappa shape index (κ2) is 6.27. The molecule has 0 bridgehead atoms. The van der Waals surface area contributed by atoms with Crippen molar-refractivity contribution in [2.24, 2.45) is 0 Å². The summed E-state index contributed by atoms with van der Waals surface area (Å²) < 4.78 is 26.5. The van der Waals surface area contributed by atoms with E-state index in [1.165, 1.54) is 4.88 Å². The van der Waals surface area contributed by atoms with Crippen LogP contribution in [-0.4, -0.2) is 19.9 Å². The van der Waals surface area contributed by atoms with Gasteiger partial charge in [0.2, 0.25) is 10.0 Å². The van der Waals surface area contributed by atoms with Crippen molar-refractivity contribution in [1.29, 1.82) is 0 Å². The number of aromatic nitrogens is 1. The molecule has 4 nitrogen and oxygen atoms in total. The van der Waals surface area contributed by atoms with Gasteiger partial charge in [-0.15, -0.1) is 11.3 Å². The molecule has 2 rings (SSSR count). The van der Waals surface area contributed by atoms with Gasteiger partial charge in [0.1, 0.15) is 0 Å². The summed E-state index contributed by atoms with van der Waals surface area (Å²) in [6.45, 7) is 2.45.